The van der Waals surface area contributed by atoms with E-state index in [1.54, 1.807) is 7.11 Å². The van der Waals surface area contributed by atoms with Crippen molar-refractivity contribution < 1.29 is 14.3 Å². The van der Waals surface area contributed by atoms with Gasteiger partial charge in [0.05, 0.1) is 25.7 Å². The van der Waals surface area contributed by atoms with Gasteiger partial charge in [0.25, 0.3) is 0 Å². The van der Waals surface area contributed by atoms with Gasteiger partial charge >= 0.3 is 0 Å². The molecule has 0 amide bonds. The molecule has 3 fully saturated rings. The lowest BCUT2D eigenvalue weighted by atomic mass is 9.71. The molecule has 196 valence electrons. The fourth-order valence-corrected chi connectivity index (χ4v) is 7.71. The molecule has 0 radical (unpaired) electrons. The highest BCUT2D eigenvalue weighted by atomic mass is 16.5. The molecule has 1 N–H and O–H groups in total. The monoisotopic (exact) mass is 515 g/mol. The second-order valence-electron chi connectivity index (χ2n) is 11.6. The third-order valence-electron chi connectivity index (χ3n) is 9.70. The van der Waals surface area contributed by atoms with Crippen LogP contribution in [0.4, 0.5) is 0 Å². The van der Waals surface area contributed by atoms with Gasteiger partial charge < -0.3 is 14.3 Å². The normalized spacial score (nSPS) is 25.2. The van der Waals surface area contributed by atoms with Gasteiger partial charge in [-0.3, -0.25) is 4.98 Å². The van der Waals surface area contributed by atoms with E-state index in [1.165, 1.54) is 33.5 Å². The van der Waals surface area contributed by atoms with Crippen LogP contribution in [0.2, 0.25) is 0 Å². The minimum absolute atomic E-state index is 0.0921. The van der Waals surface area contributed by atoms with Gasteiger partial charge in [0, 0.05) is 35.9 Å². The molecule has 5 atom stereocenters. The lowest BCUT2D eigenvalue weighted by molar-refractivity contribution is -0.984. The first-order valence-corrected chi connectivity index (χ1v) is 14.1. The topological polar surface area (TPSA) is 42.4 Å². The van der Waals surface area contributed by atoms with Gasteiger partial charge in [0.2, 0.25) is 0 Å². The zero-order chi connectivity index (χ0) is 26.6. The Bertz CT molecular complexity index is 1660. The zero-order valence-electron chi connectivity index (χ0n) is 22.5. The van der Waals surface area contributed by atoms with Crippen molar-refractivity contribution >= 4 is 32.4 Å². The predicted octanol–water partition coefficient (Wildman–Crippen LogP) is 7.19. The Hall–Kier alpha value is -3.73. The summed E-state index contributed by atoms with van der Waals surface area (Å²) in [7, 11) is 1.68. The second-order valence-corrected chi connectivity index (χ2v) is 11.6. The number of piperidine rings is 3. The average molecular weight is 516 g/mol. The number of quaternary nitrogens is 1. The molecule has 0 aliphatic carbocycles. The number of pyridine rings is 1. The molecule has 4 heterocycles. The molecular formula is C35H35N2O2+. The van der Waals surface area contributed by atoms with E-state index in [9.17, 15) is 5.11 Å². The standard InChI is InChI=1S/C35H35N2O2/c1-3-23-21-37(22-32-28-10-6-4-8-25(28)18-26-9-5-7-11-29(26)32)17-15-24(23)19-34(37)35(38)30-14-16-36-33-13-12-27(39-2)20-31(30)33/h3-14,16,18,20,23-24,34-35,38H,1,15,17,19,21-22H2,2H3/q+1/t23-,24-,34+,35+,37-/m0/s1. The van der Waals surface area contributed by atoms with Crippen molar-refractivity contribution in [2.75, 3.05) is 20.2 Å². The van der Waals surface area contributed by atoms with Crippen LogP contribution in [0, 0.1) is 11.8 Å². The summed E-state index contributed by atoms with van der Waals surface area (Å²) in [5.74, 6) is 1.82. The number of benzene rings is 4. The molecule has 8 rings (SSSR count). The van der Waals surface area contributed by atoms with Gasteiger partial charge in [-0.05, 0) is 63.4 Å². The third-order valence-corrected chi connectivity index (χ3v) is 9.70. The molecule has 0 spiro atoms. The van der Waals surface area contributed by atoms with E-state index in [2.05, 4.69) is 72.2 Å². The fourth-order valence-electron chi connectivity index (χ4n) is 7.71. The number of aliphatic hydroxyl groups excluding tert-OH is 1. The lowest BCUT2D eigenvalue weighted by Gasteiger charge is -2.58. The Morgan fingerprint density at radius 1 is 1.00 bits per heavy atom. The van der Waals surface area contributed by atoms with Crippen LogP contribution in [-0.4, -0.2) is 40.8 Å². The van der Waals surface area contributed by atoms with E-state index < -0.39 is 6.10 Å². The van der Waals surface area contributed by atoms with E-state index in [-0.39, 0.29) is 6.04 Å². The summed E-state index contributed by atoms with van der Waals surface area (Å²) in [6, 6.07) is 27.9. The van der Waals surface area contributed by atoms with Crippen molar-refractivity contribution in [3.63, 3.8) is 0 Å². The zero-order valence-corrected chi connectivity index (χ0v) is 22.5. The van der Waals surface area contributed by atoms with Gasteiger partial charge in [-0.1, -0.05) is 54.6 Å². The first-order valence-electron chi connectivity index (χ1n) is 14.1. The fraction of sp³-hybridized carbons (Fsp3) is 0.286. The Morgan fingerprint density at radius 3 is 2.46 bits per heavy atom. The molecule has 3 aliphatic rings. The number of nitrogens with zero attached hydrogens (tertiary/aromatic N) is 2. The number of ether oxygens (including phenoxy) is 1. The number of rotatable bonds is 6. The quantitative estimate of drug-likeness (QED) is 0.148. The molecule has 4 nitrogen and oxygen atoms in total. The molecule has 5 aromatic rings. The van der Waals surface area contributed by atoms with E-state index in [0.717, 1.165) is 52.8 Å². The number of aromatic nitrogens is 1. The van der Waals surface area contributed by atoms with Crippen LogP contribution < -0.4 is 4.74 Å². The van der Waals surface area contributed by atoms with Crippen molar-refractivity contribution in [3.8, 4) is 5.75 Å². The number of methoxy groups -OCH3 is 1. The molecule has 0 unspecified atom stereocenters. The summed E-state index contributed by atoms with van der Waals surface area (Å²) >= 11 is 0. The first kappa shape index (κ1) is 24.3. The van der Waals surface area contributed by atoms with Crippen LogP contribution in [0.25, 0.3) is 32.4 Å². The summed E-state index contributed by atoms with van der Waals surface area (Å²) < 4.78 is 6.41. The van der Waals surface area contributed by atoms with Crippen molar-refractivity contribution in [2.24, 2.45) is 11.8 Å². The summed E-state index contributed by atoms with van der Waals surface area (Å²) in [5.41, 5.74) is 3.23. The molecule has 4 heteroatoms. The molecule has 3 saturated heterocycles. The smallest absolute Gasteiger partial charge is 0.131 e. The highest BCUT2D eigenvalue weighted by Gasteiger charge is 2.54. The Labute approximate surface area is 229 Å². The van der Waals surface area contributed by atoms with Crippen LogP contribution in [0.3, 0.4) is 0 Å². The molecular weight excluding hydrogens is 480 g/mol. The number of aliphatic hydroxyl groups is 1. The summed E-state index contributed by atoms with van der Waals surface area (Å²) in [6.07, 6.45) is 5.58. The van der Waals surface area contributed by atoms with Crippen LogP contribution in [0.5, 0.6) is 5.75 Å². The maximum Gasteiger partial charge on any atom is 0.131 e. The Morgan fingerprint density at radius 2 is 1.74 bits per heavy atom. The minimum atomic E-state index is -0.600. The average Bonchev–Trinajstić information content (AvgIpc) is 3.00. The SMILES string of the molecule is C=C[C@H]1C[N@+]2(Cc3c4ccccc4cc4ccccc34)CC[C@H]1C[C@@H]2[C@H](O)c1ccnc2ccc(OC)cc12. The van der Waals surface area contributed by atoms with Gasteiger partial charge in [-0.25, -0.2) is 0 Å². The Kier molecular flexibility index (Phi) is 5.91. The van der Waals surface area contributed by atoms with Crippen LogP contribution in [0.15, 0.2) is 97.7 Å². The van der Waals surface area contributed by atoms with Crippen molar-refractivity contribution in [3.05, 3.63) is 109 Å². The van der Waals surface area contributed by atoms with Crippen molar-refractivity contribution in [2.45, 2.75) is 31.5 Å². The summed E-state index contributed by atoms with van der Waals surface area (Å²) in [4.78, 5) is 4.59. The van der Waals surface area contributed by atoms with E-state index in [4.69, 9.17) is 4.74 Å². The minimum Gasteiger partial charge on any atom is -0.497 e. The van der Waals surface area contributed by atoms with Crippen molar-refractivity contribution in [1.82, 2.24) is 4.98 Å². The van der Waals surface area contributed by atoms with Gasteiger partial charge in [0.1, 0.15) is 24.4 Å². The van der Waals surface area contributed by atoms with Crippen LogP contribution in [-0.2, 0) is 6.54 Å². The van der Waals surface area contributed by atoms with Gasteiger partial charge in [-0.15, -0.1) is 6.58 Å². The first-order chi connectivity index (χ1) is 19.1. The molecule has 39 heavy (non-hydrogen) atoms. The molecule has 1 aromatic heterocycles. The van der Waals surface area contributed by atoms with Crippen molar-refractivity contribution in [1.29, 1.82) is 0 Å². The van der Waals surface area contributed by atoms with Gasteiger partial charge in [-0.2, -0.15) is 0 Å². The maximum atomic E-state index is 12.2. The van der Waals surface area contributed by atoms with Crippen LogP contribution in [0.1, 0.15) is 30.1 Å². The van der Waals surface area contributed by atoms with E-state index >= 15 is 0 Å². The third kappa shape index (κ3) is 3.93. The predicted molar refractivity (Wildman–Crippen MR) is 159 cm³/mol. The number of fused-ring (bicyclic) bond motifs is 6. The highest BCUT2D eigenvalue weighted by Crippen LogP contribution is 2.49. The molecule has 2 bridgehead atoms. The number of hydrogen-bond donors (Lipinski definition) is 1. The Balaban J connectivity index is 1.39. The largest absolute Gasteiger partial charge is 0.497 e. The summed E-state index contributed by atoms with van der Waals surface area (Å²) in [6.45, 7) is 7.21. The maximum absolute atomic E-state index is 12.2. The van der Waals surface area contributed by atoms with E-state index in [1.807, 2.05) is 30.5 Å². The number of hydrogen-bond acceptors (Lipinski definition) is 3. The van der Waals surface area contributed by atoms with E-state index in [0.29, 0.717) is 11.8 Å². The molecule has 0 saturated carbocycles. The molecule has 3 aliphatic heterocycles. The lowest BCUT2D eigenvalue weighted by Crippen LogP contribution is -2.67. The second kappa shape index (κ2) is 9.48. The van der Waals surface area contributed by atoms with Gasteiger partial charge in [0.15, 0.2) is 0 Å². The van der Waals surface area contributed by atoms with Crippen LogP contribution >= 0.6 is 0 Å². The summed E-state index contributed by atoms with van der Waals surface area (Å²) in [5, 5.41) is 18.4. The highest BCUT2D eigenvalue weighted by molar-refractivity contribution is 6.02. The molecule has 4 aromatic carbocycles.